The van der Waals surface area contributed by atoms with Gasteiger partial charge in [0, 0.05) is 29.5 Å². The number of anilines is 1. The minimum atomic E-state index is -1.34. The molecule has 0 saturated heterocycles. The highest BCUT2D eigenvalue weighted by Gasteiger charge is 2.22. The Hall–Kier alpha value is -7.23. The quantitative estimate of drug-likeness (QED) is 0.00716. The first kappa shape index (κ1) is 63.1. The third kappa shape index (κ3) is 25.8. The maximum absolute atomic E-state index is 12.6. The first-order valence-electron chi connectivity index (χ1n) is 27.1. The van der Waals surface area contributed by atoms with Crippen molar-refractivity contribution in [3.05, 3.63) is 130 Å². The van der Waals surface area contributed by atoms with Crippen LogP contribution >= 0.6 is 0 Å². The number of nitrogens with zero attached hydrogens (tertiary/aromatic N) is 1. The van der Waals surface area contributed by atoms with Crippen molar-refractivity contribution < 1.29 is 62.8 Å². The largest absolute Gasteiger partial charge is 0.494 e. The molecule has 0 aliphatic rings. The first-order chi connectivity index (χ1) is 36.9. The van der Waals surface area contributed by atoms with Crippen molar-refractivity contribution in [2.24, 2.45) is 0 Å². The zero-order valence-electron chi connectivity index (χ0n) is 44.5. The van der Waals surface area contributed by atoms with Crippen LogP contribution in [0.15, 0.2) is 97.6 Å². The number of unbranched alkanes of at least 4 members (excludes halogenated alkanes) is 20. The van der Waals surface area contributed by atoms with Crippen molar-refractivity contribution in [2.45, 2.75) is 155 Å². The van der Waals surface area contributed by atoms with E-state index in [0.29, 0.717) is 48.4 Å². The molecular formula is C60H80N2O14. The zero-order valence-corrected chi connectivity index (χ0v) is 44.5. The second kappa shape index (κ2) is 38.3. The molecule has 16 heteroatoms. The molecule has 4 aromatic rings. The zero-order chi connectivity index (χ0) is 55.2. The molecule has 414 valence electrons. The molecule has 4 N–H and O–H groups in total. The van der Waals surface area contributed by atoms with Crippen molar-refractivity contribution in [1.82, 2.24) is 0 Å². The average Bonchev–Trinajstić information content (AvgIpc) is 3.43. The van der Waals surface area contributed by atoms with Gasteiger partial charge >= 0.3 is 35.5 Å². The van der Waals surface area contributed by atoms with Gasteiger partial charge in [0.25, 0.3) is 0 Å². The minimum absolute atomic E-state index is 0.0990. The smallest absolute Gasteiger partial charge is 0.339 e. The van der Waals surface area contributed by atoms with Crippen LogP contribution < -0.4 is 15.2 Å². The number of hydrogen-bond acceptors (Lipinski definition) is 13. The van der Waals surface area contributed by atoms with E-state index in [2.05, 4.69) is 13.5 Å². The van der Waals surface area contributed by atoms with Crippen molar-refractivity contribution in [3.63, 3.8) is 0 Å². The topological polar surface area (TPSA) is 241 Å². The minimum Gasteiger partial charge on any atom is -0.494 e. The van der Waals surface area contributed by atoms with Gasteiger partial charge in [-0.3, -0.25) is 10.1 Å². The van der Waals surface area contributed by atoms with Crippen molar-refractivity contribution in [2.75, 3.05) is 38.8 Å². The van der Waals surface area contributed by atoms with Crippen LogP contribution in [0.3, 0.4) is 0 Å². The highest BCUT2D eigenvalue weighted by molar-refractivity contribution is 6.04. The summed E-state index contributed by atoms with van der Waals surface area (Å²) >= 11 is 0. The van der Waals surface area contributed by atoms with Gasteiger partial charge in [-0.1, -0.05) is 159 Å². The summed E-state index contributed by atoms with van der Waals surface area (Å²) < 4.78 is 26.9. The van der Waals surface area contributed by atoms with Gasteiger partial charge in [0.05, 0.1) is 60.2 Å². The van der Waals surface area contributed by atoms with Gasteiger partial charge in [-0.05, 0) is 80.1 Å². The number of para-hydroxylation sites is 1. The fourth-order valence-electron chi connectivity index (χ4n) is 8.11. The number of nitro benzene ring substituents is 1. The average molecular weight is 1050 g/mol. The van der Waals surface area contributed by atoms with E-state index in [1.54, 1.807) is 24.3 Å². The van der Waals surface area contributed by atoms with Gasteiger partial charge in [-0.15, -0.1) is 0 Å². The molecule has 0 spiro atoms. The van der Waals surface area contributed by atoms with E-state index >= 15 is 0 Å². The molecular weight excluding hydrogens is 973 g/mol. The number of carbonyl (C=O) groups excluding carboxylic acids is 3. The van der Waals surface area contributed by atoms with E-state index in [-0.39, 0.29) is 47.3 Å². The number of benzene rings is 4. The molecule has 4 rings (SSSR count). The number of hydrogen-bond donors (Lipinski definition) is 3. The van der Waals surface area contributed by atoms with Gasteiger partial charge in [0.2, 0.25) is 0 Å². The summed E-state index contributed by atoms with van der Waals surface area (Å²) in [6.45, 7) is 7.62. The number of aromatic carboxylic acids is 2. The van der Waals surface area contributed by atoms with Gasteiger partial charge in [-0.25, -0.2) is 24.0 Å². The molecule has 0 amide bonds. The predicted molar refractivity (Wildman–Crippen MR) is 294 cm³/mol. The van der Waals surface area contributed by atoms with Crippen LogP contribution in [0.4, 0.5) is 11.4 Å². The fourth-order valence-corrected chi connectivity index (χ4v) is 8.11. The number of carboxylic acids is 2. The number of carbonyl (C=O) groups is 5. The molecule has 0 aromatic heterocycles. The Balaban J connectivity index is 0.000000551. The van der Waals surface area contributed by atoms with Gasteiger partial charge < -0.3 is 39.6 Å². The number of nitrogens with two attached hydrogens (primary N) is 1. The molecule has 4 aromatic carbocycles. The predicted octanol–water partition coefficient (Wildman–Crippen LogP) is 14.4. The first-order valence-corrected chi connectivity index (χ1v) is 27.1. The monoisotopic (exact) mass is 1050 g/mol. The second-order valence-corrected chi connectivity index (χ2v) is 18.5. The van der Waals surface area contributed by atoms with Crippen LogP contribution in [-0.4, -0.2) is 78.0 Å². The number of nitro groups is 1. The van der Waals surface area contributed by atoms with Gasteiger partial charge in [0.15, 0.2) is 5.75 Å². The third-order valence-corrected chi connectivity index (χ3v) is 12.4. The maximum atomic E-state index is 12.6. The van der Waals surface area contributed by atoms with E-state index in [4.69, 9.17) is 34.5 Å². The number of esters is 3. The number of nitrogen functional groups attached to an aromatic ring is 1. The normalized spacial score (nSPS) is 10.6. The Kier molecular flexibility index (Phi) is 31.8. The summed E-state index contributed by atoms with van der Waals surface area (Å²) in [6, 6.07) is 22.7. The van der Waals surface area contributed by atoms with E-state index in [1.807, 2.05) is 30.3 Å². The van der Waals surface area contributed by atoms with Crippen LogP contribution in [0.1, 0.15) is 196 Å². The number of carboxylic acid groups (broad SMARTS) is 2. The van der Waals surface area contributed by atoms with E-state index in [1.165, 1.54) is 76.0 Å². The van der Waals surface area contributed by atoms with Crippen molar-refractivity contribution in [1.29, 1.82) is 0 Å². The molecule has 0 bridgehead atoms. The number of rotatable bonds is 39. The fraction of sp³-hybridized carbons (Fsp3) is 0.483. The molecule has 0 fully saturated rings. The van der Waals surface area contributed by atoms with Crippen LogP contribution in [0.25, 0.3) is 11.1 Å². The van der Waals surface area contributed by atoms with Crippen LogP contribution in [0, 0.1) is 10.1 Å². The van der Waals surface area contributed by atoms with E-state index < -0.39 is 28.8 Å². The summed E-state index contributed by atoms with van der Waals surface area (Å²) in [4.78, 5) is 69.7. The molecule has 0 atom stereocenters. The lowest BCUT2D eigenvalue weighted by molar-refractivity contribution is -0.385. The van der Waals surface area contributed by atoms with Crippen molar-refractivity contribution in [3.8, 4) is 22.6 Å². The van der Waals surface area contributed by atoms with E-state index in [9.17, 15) is 39.2 Å². The molecule has 0 unspecified atom stereocenters. The van der Waals surface area contributed by atoms with Gasteiger partial charge in [-0.2, -0.15) is 0 Å². The van der Waals surface area contributed by atoms with Crippen LogP contribution in [0.2, 0.25) is 0 Å². The third-order valence-electron chi connectivity index (χ3n) is 12.4. The lowest BCUT2D eigenvalue weighted by Crippen LogP contribution is -2.14. The summed E-state index contributed by atoms with van der Waals surface area (Å²) in [6.07, 6.45) is 25.4. The molecule has 0 aliphatic heterocycles. The molecule has 76 heavy (non-hydrogen) atoms. The van der Waals surface area contributed by atoms with Crippen molar-refractivity contribution >= 4 is 41.2 Å². The molecule has 16 nitrogen and oxygen atoms in total. The maximum Gasteiger partial charge on any atom is 0.339 e. The lowest BCUT2D eigenvalue weighted by Gasteiger charge is -2.12. The lowest BCUT2D eigenvalue weighted by atomic mass is 10.0. The Morgan fingerprint density at radius 1 is 0.539 bits per heavy atom. The highest BCUT2D eigenvalue weighted by atomic mass is 16.6. The Morgan fingerprint density at radius 3 is 1.51 bits per heavy atom. The second-order valence-electron chi connectivity index (χ2n) is 18.5. The standard InChI is InChI=1S/C40H50N2O11.C20H30O3/c1-2-3-4-5-10-13-22-51-36-27-34(41)32(26-35(36)42(49)50)28-16-18-29(19-17-28)39(47)52-23-14-11-8-6-7-9-12-15-24-53-40(48)33-25-30(37(43)44)20-21-31(33)38(45)46;1-2-20(21)23-18-14-9-7-5-3-4-6-8-13-17-22-19-15-11-10-12-16-19/h16-21,25-27H,2-15,22-24,41H2,1H3,(H,43,44)(H,45,46);2,10-12,15-16H,1,3-9,13-14,17-18H2. The molecule has 0 heterocycles. The summed E-state index contributed by atoms with van der Waals surface area (Å²) in [5, 5.41) is 30.2. The molecule has 0 saturated carbocycles. The Labute approximate surface area is 448 Å². The summed E-state index contributed by atoms with van der Waals surface area (Å²) in [5.74, 6) is -3.15. The van der Waals surface area contributed by atoms with Crippen LogP contribution in [0.5, 0.6) is 11.5 Å². The number of ether oxygens (including phenoxy) is 5. The summed E-state index contributed by atoms with van der Waals surface area (Å²) in [5.41, 5.74) is 7.11. The van der Waals surface area contributed by atoms with Gasteiger partial charge in [0.1, 0.15) is 5.75 Å². The summed E-state index contributed by atoms with van der Waals surface area (Å²) in [7, 11) is 0. The van der Waals surface area contributed by atoms with Crippen LogP contribution in [-0.2, 0) is 19.0 Å². The highest BCUT2D eigenvalue weighted by Crippen LogP contribution is 2.37. The molecule has 0 radical (unpaired) electrons. The Bertz CT molecular complexity index is 2370. The molecule has 0 aliphatic carbocycles. The van der Waals surface area contributed by atoms with E-state index in [0.717, 1.165) is 108 Å². The SMILES string of the molecule is C=CC(=O)OCCCCCCCCCCCOc1ccccc1.CCCCCCCCOc1cc(N)c(-c2ccc(C(=O)OCCCCCCCCCCOC(=O)c3cc(C(=O)O)ccc3C(=O)O)cc2)cc1[N+](=O)[O-]. The Morgan fingerprint density at radius 2 is 1.01 bits per heavy atom.